The van der Waals surface area contributed by atoms with E-state index in [1.165, 1.54) is 32.1 Å². The molecule has 112 valence electrons. The summed E-state index contributed by atoms with van der Waals surface area (Å²) in [6.45, 7) is 6.31. The van der Waals surface area contributed by atoms with Crippen molar-refractivity contribution in [2.45, 2.75) is 32.1 Å². The highest BCUT2D eigenvalue weighted by molar-refractivity contribution is 4.95. The molecule has 2 saturated carbocycles. The Kier molecular flexibility index (Phi) is 6.57. The van der Waals surface area contributed by atoms with E-state index in [1.54, 1.807) is 0 Å². The summed E-state index contributed by atoms with van der Waals surface area (Å²) in [5.41, 5.74) is 11.3. The quantitative estimate of drug-likeness (QED) is 0.600. The van der Waals surface area contributed by atoms with E-state index in [-0.39, 0.29) is 0 Å². The molecule has 4 heteroatoms. The zero-order valence-electron chi connectivity index (χ0n) is 12.2. The molecule has 0 aromatic rings. The first-order valence-corrected chi connectivity index (χ1v) is 8.16. The molecule has 2 unspecified atom stereocenters. The standard InChI is InChI=1S/C11H22N2.C4H10N2/c12-3-1-9-5-8-6-10(2-4-13)11(9)7-8;1-2-6-4-3-5-1/h8-11H,1-7,12-13H2;5-6H,1-4H2. The van der Waals surface area contributed by atoms with Crippen LogP contribution in [0.4, 0.5) is 0 Å². The summed E-state index contributed by atoms with van der Waals surface area (Å²) in [5, 5.41) is 6.44. The number of hydrogen-bond donors (Lipinski definition) is 4. The van der Waals surface area contributed by atoms with Crippen LogP contribution in [0.5, 0.6) is 0 Å². The first-order valence-electron chi connectivity index (χ1n) is 8.16. The van der Waals surface area contributed by atoms with Crippen LogP contribution in [0.1, 0.15) is 32.1 Å². The van der Waals surface area contributed by atoms with Crippen LogP contribution in [0.2, 0.25) is 0 Å². The Labute approximate surface area is 118 Å². The van der Waals surface area contributed by atoms with Crippen molar-refractivity contribution in [3.05, 3.63) is 0 Å². The second kappa shape index (κ2) is 8.20. The first-order chi connectivity index (χ1) is 9.35. The highest BCUT2D eigenvalue weighted by Gasteiger charge is 2.44. The lowest BCUT2D eigenvalue weighted by Gasteiger charge is -2.28. The molecule has 2 atom stereocenters. The number of rotatable bonds is 4. The van der Waals surface area contributed by atoms with E-state index in [2.05, 4.69) is 10.6 Å². The van der Waals surface area contributed by atoms with Crippen LogP contribution in [0.15, 0.2) is 0 Å². The lowest BCUT2D eigenvalue weighted by molar-refractivity contribution is 0.221. The zero-order chi connectivity index (χ0) is 13.5. The summed E-state index contributed by atoms with van der Waals surface area (Å²) in [5.74, 6) is 3.90. The molecule has 0 aromatic carbocycles. The molecule has 0 amide bonds. The van der Waals surface area contributed by atoms with E-state index in [1.807, 2.05) is 0 Å². The molecule has 19 heavy (non-hydrogen) atoms. The SMILES string of the molecule is C1CNCCN1.NCCC1CC2CC(CCN)C1C2. The van der Waals surface area contributed by atoms with Crippen LogP contribution in [-0.4, -0.2) is 39.3 Å². The average Bonchev–Trinajstić information content (AvgIpc) is 3.02. The topological polar surface area (TPSA) is 76.1 Å². The van der Waals surface area contributed by atoms with Crippen molar-refractivity contribution in [3.63, 3.8) is 0 Å². The first kappa shape index (κ1) is 15.2. The summed E-state index contributed by atoms with van der Waals surface area (Å²) in [6.07, 6.45) is 6.91. The second-order valence-electron chi connectivity index (χ2n) is 6.41. The summed E-state index contributed by atoms with van der Waals surface area (Å²) < 4.78 is 0. The molecule has 0 aromatic heterocycles. The lowest BCUT2D eigenvalue weighted by Crippen LogP contribution is -2.39. The van der Waals surface area contributed by atoms with Gasteiger partial charge in [-0.15, -0.1) is 0 Å². The summed E-state index contributed by atoms with van der Waals surface area (Å²) in [6, 6.07) is 0. The van der Waals surface area contributed by atoms with E-state index in [4.69, 9.17) is 11.5 Å². The van der Waals surface area contributed by atoms with Crippen molar-refractivity contribution in [3.8, 4) is 0 Å². The predicted octanol–water partition coefficient (Wildman–Crippen LogP) is 0.526. The third-order valence-electron chi connectivity index (χ3n) is 5.12. The Hall–Kier alpha value is -0.160. The van der Waals surface area contributed by atoms with Crippen LogP contribution in [0, 0.1) is 23.7 Å². The minimum Gasteiger partial charge on any atom is -0.330 e. The maximum absolute atomic E-state index is 5.63. The highest BCUT2D eigenvalue weighted by Crippen LogP contribution is 2.53. The minimum atomic E-state index is 0.878. The predicted molar refractivity (Wildman–Crippen MR) is 80.9 cm³/mol. The Balaban J connectivity index is 0.000000186. The average molecular weight is 268 g/mol. The fourth-order valence-electron chi connectivity index (χ4n) is 4.34. The lowest BCUT2D eigenvalue weighted by atomic mass is 9.77. The van der Waals surface area contributed by atoms with Crippen LogP contribution in [0.25, 0.3) is 0 Å². The van der Waals surface area contributed by atoms with Crippen molar-refractivity contribution in [2.24, 2.45) is 35.1 Å². The Morgan fingerprint density at radius 3 is 1.53 bits per heavy atom. The van der Waals surface area contributed by atoms with Gasteiger partial charge in [0.1, 0.15) is 0 Å². The van der Waals surface area contributed by atoms with Gasteiger partial charge in [-0.1, -0.05) is 0 Å². The van der Waals surface area contributed by atoms with Crippen molar-refractivity contribution >= 4 is 0 Å². The molecule has 2 bridgehead atoms. The van der Waals surface area contributed by atoms with Gasteiger partial charge in [0, 0.05) is 26.2 Å². The van der Waals surface area contributed by atoms with E-state index in [0.717, 1.165) is 62.9 Å². The van der Waals surface area contributed by atoms with Gasteiger partial charge in [-0.05, 0) is 68.9 Å². The Bertz CT molecular complexity index is 215. The Morgan fingerprint density at radius 1 is 0.737 bits per heavy atom. The Morgan fingerprint density at radius 2 is 1.21 bits per heavy atom. The van der Waals surface area contributed by atoms with Gasteiger partial charge in [-0.3, -0.25) is 0 Å². The molecule has 3 fully saturated rings. The van der Waals surface area contributed by atoms with Crippen molar-refractivity contribution in [1.82, 2.24) is 10.6 Å². The zero-order valence-corrected chi connectivity index (χ0v) is 12.2. The summed E-state index contributed by atoms with van der Waals surface area (Å²) in [7, 11) is 0. The maximum atomic E-state index is 5.63. The molecule has 1 heterocycles. The van der Waals surface area contributed by atoms with Gasteiger partial charge in [0.25, 0.3) is 0 Å². The number of hydrogen-bond acceptors (Lipinski definition) is 4. The van der Waals surface area contributed by atoms with E-state index in [0.29, 0.717) is 0 Å². The van der Waals surface area contributed by atoms with Crippen LogP contribution >= 0.6 is 0 Å². The molecule has 6 N–H and O–H groups in total. The molecular weight excluding hydrogens is 236 g/mol. The number of fused-ring (bicyclic) bond motifs is 2. The molecule has 1 saturated heterocycles. The van der Waals surface area contributed by atoms with Crippen molar-refractivity contribution in [1.29, 1.82) is 0 Å². The molecular formula is C15H32N4. The van der Waals surface area contributed by atoms with Crippen LogP contribution in [0.3, 0.4) is 0 Å². The second-order valence-corrected chi connectivity index (χ2v) is 6.41. The largest absolute Gasteiger partial charge is 0.330 e. The van der Waals surface area contributed by atoms with E-state index < -0.39 is 0 Å². The smallest absolute Gasteiger partial charge is 0.00772 e. The molecule has 1 aliphatic heterocycles. The van der Waals surface area contributed by atoms with Gasteiger partial charge in [0.2, 0.25) is 0 Å². The van der Waals surface area contributed by atoms with E-state index in [9.17, 15) is 0 Å². The molecule has 0 spiro atoms. The van der Waals surface area contributed by atoms with Gasteiger partial charge < -0.3 is 22.1 Å². The van der Waals surface area contributed by atoms with Crippen molar-refractivity contribution in [2.75, 3.05) is 39.3 Å². The van der Waals surface area contributed by atoms with Gasteiger partial charge in [0.05, 0.1) is 0 Å². The van der Waals surface area contributed by atoms with Gasteiger partial charge in [-0.2, -0.15) is 0 Å². The third-order valence-corrected chi connectivity index (χ3v) is 5.12. The number of nitrogens with two attached hydrogens (primary N) is 2. The molecule has 3 rings (SSSR count). The molecule has 2 aliphatic carbocycles. The van der Waals surface area contributed by atoms with Crippen LogP contribution in [-0.2, 0) is 0 Å². The fourth-order valence-corrected chi connectivity index (χ4v) is 4.34. The number of piperazine rings is 1. The van der Waals surface area contributed by atoms with Gasteiger partial charge in [0.15, 0.2) is 0 Å². The monoisotopic (exact) mass is 268 g/mol. The normalized spacial score (nSPS) is 36.9. The number of nitrogens with one attached hydrogen (secondary N) is 2. The molecule has 4 nitrogen and oxygen atoms in total. The fraction of sp³-hybridized carbons (Fsp3) is 1.00. The third kappa shape index (κ3) is 4.42. The van der Waals surface area contributed by atoms with Gasteiger partial charge in [-0.25, -0.2) is 0 Å². The summed E-state index contributed by atoms with van der Waals surface area (Å²) >= 11 is 0. The molecule has 0 radical (unpaired) electrons. The maximum Gasteiger partial charge on any atom is 0.00772 e. The molecule has 3 aliphatic rings. The van der Waals surface area contributed by atoms with E-state index >= 15 is 0 Å². The van der Waals surface area contributed by atoms with Gasteiger partial charge >= 0.3 is 0 Å². The van der Waals surface area contributed by atoms with Crippen molar-refractivity contribution < 1.29 is 0 Å². The minimum absolute atomic E-state index is 0.878. The summed E-state index contributed by atoms with van der Waals surface area (Å²) in [4.78, 5) is 0. The van der Waals surface area contributed by atoms with Crippen LogP contribution < -0.4 is 22.1 Å². The highest BCUT2D eigenvalue weighted by atomic mass is 15.0.